The number of alkyl halides is 3. The summed E-state index contributed by atoms with van der Waals surface area (Å²) < 4.78 is 39.7. The summed E-state index contributed by atoms with van der Waals surface area (Å²) in [7, 11) is 0. The fraction of sp³-hybridized carbons (Fsp3) is 0.529. The van der Waals surface area contributed by atoms with Crippen molar-refractivity contribution in [1.29, 1.82) is 0 Å². The number of hydrogen-bond donors (Lipinski definition) is 1. The molecule has 0 saturated carbocycles. The number of anilines is 1. The van der Waals surface area contributed by atoms with Crippen molar-refractivity contribution in [2.75, 3.05) is 31.1 Å². The summed E-state index contributed by atoms with van der Waals surface area (Å²) in [6, 6.07) is 3.19. The number of halogens is 3. The molecule has 1 aromatic carbocycles. The molecule has 136 valence electrons. The fourth-order valence-corrected chi connectivity index (χ4v) is 3.37. The molecule has 2 N–H and O–H groups in total. The van der Waals surface area contributed by atoms with Crippen LogP contribution in [-0.2, 0) is 11.0 Å². The van der Waals surface area contributed by atoms with Gasteiger partial charge in [0, 0.05) is 37.3 Å². The molecule has 2 amide bonds. The van der Waals surface area contributed by atoms with E-state index in [-0.39, 0.29) is 23.1 Å². The molecule has 0 spiro atoms. The van der Waals surface area contributed by atoms with E-state index in [2.05, 4.69) is 0 Å². The van der Waals surface area contributed by atoms with Crippen molar-refractivity contribution in [3.8, 4) is 0 Å². The lowest BCUT2D eigenvalue weighted by Crippen LogP contribution is -2.31. The van der Waals surface area contributed by atoms with E-state index in [9.17, 15) is 22.8 Å². The highest BCUT2D eigenvalue weighted by Crippen LogP contribution is 2.34. The van der Waals surface area contributed by atoms with Gasteiger partial charge in [-0.3, -0.25) is 9.59 Å². The number of nitrogens with zero attached hydrogens (tertiary/aromatic N) is 2. The van der Waals surface area contributed by atoms with Crippen molar-refractivity contribution in [1.82, 2.24) is 4.90 Å². The van der Waals surface area contributed by atoms with Crippen molar-refractivity contribution in [3.05, 3.63) is 29.3 Å². The lowest BCUT2D eigenvalue weighted by Gasteiger charge is -2.21. The van der Waals surface area contributed by atoms with Gasteiger partial charge in [-0.2, -0.15) is 13.2 Å². The third-order valence-corrected chi connectivity index (χ3v) is 4.78. The number of benzene rings is 1. The summed E-state index contributed by atoms with van der Waals surface area (Å²) in [5, 5.41) is 0. The number of likely N-dealkylation sites (tertiary alicyclic amines) is 1. The average molecular weight is 355 g/mol. The van der Waals surface area contributed by atoms with Crippen LogP contribution in [0, 0.1) is 5.92 Å². The molecule has 2 heterocycles. The zero-order valence-electron chi connectivity index (χ0n) is 13.7. The van der Waals surface area contributed by atoms with Gasteiger partial charge in [0.2, 0.25) is 5.91 Å². The minimum absolute atomic E-state index is 0.0396. The van der Waals surface area contributed by atoms with Crippen LogP contribution >= 0.6 is 0 Å². The number of hydrogen-bond acceptors (Lipinski definition) is 3. The highest BCUT2D eigenvalue weighted by molar-refractivity contribution is 5.99. The molecule has 1 atom stereocenters. The van der Waals surface area contributed by atoms with Crippen LogP contribution in [0.4, 0.5) is 18.9 Å². The molecule has 2 aliphatic rings. The summed E-state index contributed by atoms with van der Waals surface area (Å²) in [6.07, 6.45) is -2.93. The van der Waals surface area contributed by atoms with Gasteiger partial charge in [0.05, 0.1) is 5.56 Å². The molecule has 2 aliphatic heterocycles. The van der Waals surface area contributed by atoms with Crippen LogP contribution < -0.4 is 10.6 Å². The largest absolute Gasteiger partial charge is 0.416 e. The van der Waals surface area contributed by atoms with E-state index in [1.165, 1.54) is 15.9 Å². The third-order valence-electron chi connectivity index (χ3n) is 4.78. The van der Waals surface area contributed by atoms with Gasteiger partial charge in [0.25, 0.3) is 5.91 Å². The van der Waals surface area contributed by atoms with Gasteiger partial charge in [-0.25, -0.2) is 0 Å². The molecule has 0 aliphatic carbocycles. The summed E-state index contributed by atoms with van der Waals surface area (Å²) >= 11 is 0. The first-order valence-electron chi connectivity index (χ1n) is 8.31. The Bertz CT molecular complexity index is 690. The molecule has 5 nitrogen and oxygen atoms in total. The Labute approximate surface area is 143 Å². The quantitative estimate of drug-likeness (QED) is 0.904. The van der Waals surface area contributed by atoms with Gasteiger partial charge in [-0.15, -0.1) is 0 Å². The van der Waals surface area contributed by atoms with Crippen LogP contribution in [-0.4, -0.2) is 42.9 Å². The summed E-state index contributed by atoms with van der Waals surface area (Å²) in [6.45, 7) is 1.74. The van der Waals surface area contributed by atoms with E-state index >= 15 is 0 Å². The van der Waals surface area contributed by atoms with E-state index < -0.39 is 17.6 Å². The van der Waals surface area contributed by atoms with E-state index in [1.54, 1.807) is 0 Å². The Morgan fingerprint density at radius 1 is 1.24 bits per heavy atom. The number of rotatable bonds is 3. The maximum Gasteiger partial charge on any atom is 0.416 e. The topological polar surface area (TPSA) is 66.6 Å². The van der Waals surface area contributed by atoms with Crippen LogP contribution in [0.5, 0.6) is 0 Å². The van der Waals surface area contributed by atoms with Crippen molar-refractivity contribution in [2.24, 2.45) is 11.7 Å². The monoisotopic (exact) mass is 355 g/mol. The van der Waals surface area contributed by atoms with Crippen molar-refractivity contribution < 1.29 is 22.8 Å². The first-order chi connectivity index (χ1) is 11.8. The van der Waals surface area contributed by atoms with Gasteiger partial charge < -0.3 is 15.5 Å². The minimum Gasteiger partial charge on any atom is -0.338 e. The Morgan fingerprint density at radius 3 is 2.56 bits per heavy atom. The summed E-state index contributed by atoms with van der Waals surface area (Å²) in [4.78, 5) is 27.4. The Hall–Kier alpha value is -2.09. The molecule has 0 bridgehead atoms. The Kier molecular flexibility index (Phi) is 4.73. The number of amides is 2. The van der Waals surface area contributed by atoms with E-state index in [1.807, 2.05) is 0 Å². The molecule has 8 heteroatoms. The molecule has 2 fully saturated rings. The summed E-state index contributed by atoms with van der Waals surface area (Å²) in [5.74, 6) is -0.494. The van der Waals surface area contributed by atoms with Crippen molar-refractivity contribution >= 4 is 17.5 Å². The fourth-order valence-electron chi connectivity index (χ4n) is 3.37. The standard InChI is InChI=1S/C17H20F3N3O2/c18-17(19,20)13-6-12(16(25)22-5-3-11(9-21)10-22)7-14(8-13)23-4-1-2-15(23)24/h6-8,11H,1-5,9-10,21H2. The summed E-state index contributed by atoms with van der Waals surface area (Å²) in [5.41, 5.74) is 4.79. The van der Waals surface area contributed by atoms with Gasteiger partial charge in [0.1, 0.15) is 0 Å². The normalized spacial score (nSPS) is 21.3. The maximum absolute atomic E-state index is 13.2. The molecule has 2 saturated heterocycles. The second-order valence-electron chi connectivity index (χ2n) is 6.56. The third kappa shape index (κ3) is 3.63. The number of carbonyl (C=O) groups is 2. The Morgan fingerprint density at radius 2 is 2.00 bits per heavy atom. The molecule has 25 heavy (non-hydrogen) atoms. The van der Waals surface area contributed by atoms with E-state index in [4.69, 9.17) is 5.73 Å². The van der Waals surface area contributed by atoms with Crippen LogP contribution in [0.25, 0.3) is 0 Å². The maximum atomic E-state index is 13.2. The molecule has 3 rings (SSSR count). The molecule has 0 aromatic heterocycles. The zero-order chi connectivity index (χ0) is 18.2. The molecule has 1 unspecified atom stereocenters. The lowest BCUT2D eigenvalue weighted by atomic mass is 10.1. The van der Waals surface area contributed by atoms with E-state index in [0.29, 0.717) is 39.0 Å². The predicted molar refractivity (Wildman–Crippen MR) is 86.1 cm³/mol. The van der Waals surface area contributed by atoms with Crippen LogP contribution in [0.15, 0.2) is 18.2 Å². The highest BCUT2D eigenvalue weighted by Gasteiger charge is 2.35. The average Bonchev–Trinajstić information content (AvgIpc) is 3.21. The van der Waals surface area contributed by atoms with Gasteiger partial charge >= 0.3 is 6.18 Å². The first-order valence-corrected chi connectivity index (χ1v) is 8.31. The molecular weight excluding hydrogens is 335 g/mol. The second-order valence-corrected chi connectivity index (χ2v) is 6.56. The van der Waals surface area contributed by atoms with Gasteiger partial charge in [-0.1, -0.05) is 0 Å². The molecule has 0 radical (unpaired) electrons. The van der Waals surface area contributed by atoms with E-state index in [0.717, 1.165) is 18.6 Å². The molecular formula is C17H20F3N3O2. The van der Waals surface area contributed by atoms with Gasteiger partial charge in [0.15, 0.2) is 0 Å². The lowest BCUT2D eigenvalue weighted by molar-refractivity contribution is -0.137. The second kappa shape index (κ2) is 6.67. The van der Waals surface area contributed by atoms with Crippen molar-refractivity contribution in [3.63, 3.8) is 0 Å². The SMILES string of the molecule is NCC1CCN(C(=O)c2cc(N3CCCC3=O)cc(C(F)(F)F)c2)C1. The number of carbonyl (C=O) groups excluding carboxylic acids is 2. The minimum atomic E-state index is -4.58. The highest BCUT2D eigenvalue weighted by atomic mass is 19.4. The zero-order valence-corrected chi connectivity index (χ0v) is 13.7. The smallest absolute Gasteiger partial charge is 0.338 e. The van der Waals surface area contributed by atoms with Crippen LogP contribution in [0.3, 0.4) is 0 Å². The predicted octanol–water partition coefficient (Wildman–Crippen LogP) is 2.25. The molecule has 1 aromatic rings. The van der Waals surface area contributed by atoms with Crippen LogP contribution in [0.2, 0.25) is 0 Å². The van der Waals surface area contributed by atoms with Gasteiger partial charge in [-0.05, 0) is 43.5 Å². The Balaban J connectivity index is 1.95. The first kappa shape index (κ1) is 17.7. The van der Waals surface area contributed by atoms with Crippen LogP contribution in [0.1, 0.15) is 35.2 Å². The number of nitrogens with two attached hydrogens (primary N) is 1. The van der Waals surface area contributed by atoms with Crippen molar-refractivity contribution in [2.45, 2.75) is 25.4 Å².